The third-order valence-corrected chi connectivity index (χ3v) is 4.55. The molecule has 8 nitrogen and oxygen atoms in total. The summed E-state index contributed by atoms with van der Waals surface area (Å²) in [4.78, 5) is 30.9. The molecule has 0 N–H and O–H groups in total. The van der Waals surface area contributed by atoms with E-state index in [9.17, 15) is 14.9 Å². The number of nitrogens with zero attached hydrogens (tertiary/aromatic N) is 4. The van der Waals surface area contributed by atoms with Crippen molar-refractivity contribution in [2.24, 2.45) is 0 Å². The number of amides is 1. The van der Waals surface area contributed by atoms with Crippen molar-refractivity contribution in [3.8, 4) is 5.75 Å². The van der Waals surface area contributed by atoms with Crippen molar-refractivity contribution in [3.63, 3.8) is 0 Å². The first-order valence-electron chi connectivity index (χ1n) is 8.89. The Kier molecular flexibility index (Phi) is 8.16. The van der Waals surface area contributed by atoms with Gasteiger partial charge < -0.3 is 9.64 Å². The van der Waals surface area contributed by atoms with Crippen LogP contribution in [0.3, 0.4) is 0 Å². The van der Waals surface area contributed by atoms with Gasteiger partial charge in [-0.15, -0.1) is 12.4 Å². The Hall–Kier alpha value is -2.71. The van der Waals surface area contributed by atoms with E-state index in [1.54, 1.807) is 11.1 Å². The lowest BCUT2D eigenvalue weighted by Crippen LogP contribution is -2.50. The van der Waals surface area contributed by atoms with Gasteiger partial charge in [-0.2, -0.15) is 0 Å². The molecule has 0 atom stereocenters. The summed E-state index contributed by atoms with van der Waals surface area (Å²) in [6, 6.07) is 11.6. The Morgan fingerprint density at radius 1 is 1.11 bits per heavy atom. The molecule has 0 radical (unpaired) electrons. The summed E-state index contributed by atoms with van der Waals surface area (Å²) in [6.07, 6.45) is 2.70. The highest BCUT2D eigenvalue weighted by molar-refractivity contribution is 5.85. The van der Waals surface area contributed by atoms with Crippen LogP contribution >= 0.6 is 12.4 Å². The van der Waals surface area contributed by atoms with Crippen molar-refractivity contribution in [2.75, 3.05) is 39.3 Å². The van der Waals surface area contributed by atoms with Gasteiger partial charge >= 0.3 is 0 Å². The highest BCUT2D eigenvalue weighted by atomic mass is 35.5. The maximum Gasteiger partial charge on any atom is 0.269 e. The summed E-state index contributed by atoms with van der Waals surface area (Å²) >= 11 is 0. The fourth-order valence-electron chi connectivity index (χ4n) is 2.94. The third-order valence-electron chi connectivity index (χ3n) is 4.55. The highest BCUT2D eigenvalue weighted by Crippen LogP contribution is 2.17. The minimum Gasteiger partial charge on any atom is -0.484 e. The van der Waals surface area contributed by atoms with E-state index in [1.807, 2.05) is 18.2 Å². The van der Waals surface area contributed by atoms with Crippen LogP contribution in [0, 0.1) is 10.1 Å². The van der Waals surface area contributed by atoms with Crippen molar-refractivity contribution in [3.05, 3.63) is 64.5 Å². The van der Waals surface area contributed by atoms with Gasteiger partial charge in [-0.3, -0.25) is 24.8 Å². The van der Waals surface area contributed by atoms with E-state index in [0.717, 1.165) is 31.7 Å². The summed E-state index contributed by atoms with van der Waals surface area (Å²) in [7, 11) is 0. The second-order valence-corrected chi connectivity index (χ2v) is 6.33. The van der Waals surface area contributed by atoms with Crippen LogP contribution in [-0.2, 0) is 11.2 Å². The van der Waals surface area contributed by atoms with Crippen molar-refractivity contribution >= 4 is 24.0 Å². The number of rotatable bonds is 7. The van der Waals surface area contributed by atoms with Crippen LogP contribution in [0.15, 0.2) is 48.7 Å². The number of ether oxygens (including phenoxy) is 1. The van der Waals surface area contributed by atoms with E-state index in [4.69, 9.17) is 4.74 Å². The average molecular weight is 407 g/mol. The SMILES string of the molecule is Cl.O=C(COc1ccc([N+](=O)[O-])cc1)N1CCN(CCc2ccccn2)CC1. The van der Waals surface area contributed by atoms with Crippen LogP contribution in [0.4, 0.5) is 5.69 Å². The van der Waals surface area contributed by atoms with Gasteiger partial charge in [-0.1, -0.05) is 6.07 Å². The molecule has 0 bridgehead atoms. The molecule has 3 rings (SSSR count). The molecule has 150 valence electrons. The molecule has 0 aliphatic carbocycles. The molecule has 1 aromatic heterocycles. The number of non-ortho nitro benzene ring substituents is 1. The van der Waals surface area contributed by atoms with E-state index >= 15 is 0 Å². The number of halogens is 1. The summed E-state index contributed by atoms with van der Waals surface area (Å²) < 4.78 is 5.45. The standard InChI is InChI=1S/C19H22N4O4.ClH/c24-19(15-27-18-6-4-17(5-7-18)23(25)26)22-13-11-21(12-14-22)10-8-16-3-1-2-9-20-16;/h1-7,9H,8,10-15H2;1H. The Morgan fingerprint density at radius 2 is 1.82 bits per heavy atom. The van der Waals surface area contributed by atoms with Crippen molar-refractivity contribution in [2.45, 2.75) is 6.42 Å². The molecule has 2 aromatic rings. The van der Waals surface area contributed by atoms with Crippen LogP contribution in [0.5, 0.6) is 5.75 Å². The van der Waals surface area contributed by atoms with Crippen molar-refractivity contribution < 1.29 is 14.5 Å². The van der Waals surface area contributed by atoms with Gasteiger partial charge in [-0.25, -0.2) is 0 Å². The maximum atomic E-state index is 12.3. The number of nitro benzene ring substituents is 1. The first-order chi connectivity index (χ1) is 13.1. The number of hydrogen-bond donors (Lipinski definition) is 0. The minimum absolute atomic E-state index is 0. The van der Waals surface area contributed by atoms with Crippen molar-refractivity contribution in [1.29, 1.82) is 0 Å². The largest absolute Gasteiger partial charge is 0.484 e. The molecule has 0 spiro atoms. The Morgan fingerprint density at radius 3 is 2.43 bits per heavy atom. The molecule has 0 unspecified atom stereocenters. The highest BCUT2D eigenvalue weighted by Gasteiger charge is 2.21. The molecule has 9 heteroatoms. The Labute approximate surface area is 169 Å². The molecule has 1 saturated heterocycles. The number of benzene rings is 1. The third kappa shape index (κ3) is 6.17. The van der Waals surface area contributed by atoms with E-state index in [-0.39, 0.29) is 30.6 Å². The molecule has 1 aliphatic heterocycles. The van der Waals surface area contributed by atoms with Gasteiger partial charge in [0.15, 0.2) is 6.61 Å². The fraction of sp³-hybridized carbons (Fsp3) is 0.368. The quantitative estimate of drug-likeness (QED) is 0.517. The molecule has 1 aliphatic rings. The van der Waals surface area contributed by atoms with E-state index < -0.39 is 4.92 Å². The maximum absolute atomic E-state index is 12.3. The zero-order valence-electron chi connectivity index (χ0n) is 15.4. The summed E-state index contributed by atoms with van der Waals surface area (Å²) in [5, 5.41) is 10.6. The normalized spacial score (nSPS) is 14.2. The predicted octanol–water partition coefficient (Wildman–Crippen LogP) is 2.18. The van der Waals surface area contributed by atoms with Crippen molar-refractivity contribution in [1.82, 2.24) is 14.8 Å². The predicted molar refractivity (Wildman–Crippen MR) is 107 cm³/mol. The summed E-state index contributed by atoms with van der Waals surface area (Å²) in [6.45, 7) is 3.87. The van der Waals surface area contributed by atoms with Crippen LogP contribution in [0.25, 0.3) is 0 Å². The van der Waals surface area contributed by atoms with E-state index in [1.165, 1.54) is 24.3 Å². The van der Waals surface area contributed by atoms with E-state index in [2.05, 4.69) is 9.88 Å². The van der Waals surface area contributed by atoms with Gasteiger partial charge in [0.1, 0.15) is 5.75 Å². The van der Waals surface area contributed by atoms with Crippen LogP contribution in [0.1, 0.15) is 5.69 Å². The molecular weight excluding hydrogens is 384 g/mol. The monoisotopic (exact) mass is 406 g/mol. The number of piperazine rings is 1. The zero-order chi connectivity index (χ0) is 19.1. The van der Waals surface area contributed by atoms with Gasteiger partial charge in [0.05, 0.1) is 4.92 Å². The van der Waals surface area contributed by atoms with Gasteiger partial charge in [0.2, 0.25) is 0 Å². The number of hydrogen-bond acceptors (Lipinski definition) is 6. The molecule has 0 saturated carbocycles. The lowest BCUT2D eigenvalue weighted by Gasteiger charge is -2.34. The Bertz CT molecular complexity index is 765. The second-order valence-electron chi connectivity index (χ2n) is 6.33. The molecule has 28 heavy (non-hydrogen) atoms. The summed E-state index contributed by atoms with van der Waals surface area (Å²) in [5.74, 6) is 0.376. The lowest BCUT2D eigenvalue weighted by molar-refractivity contribution is -0.384. The average Bonchev–Trinajstić information content (AvgIpc) is 2.72. The second kappa shape index (κ2) is 10.6. The number of carbonyl (C=O) groups excluding carboxylic acids is 1. The minimum atomic E-state index is -0.470. The van der Waals surface area contributed by atoms with Gasteiger partial charge in [0, 0.05) is 63.2 Å². The van der Waals surface area contributed by atoms with Crippen LogP contribution < -0.4 is 4.74 Å². The zero-order valence-corrected chi connectivity index (χ0v) is 16.2. The van der Waals surface area contributed by atoms with E-state index in [0.29, 0.717) is 18.8 Å². The molecule has 1 amide bonds. The Balaban J connectivity index is 0.00000280. The number of carbonyl (C=O) groups is 1. The van der Waals surface area contributed by atoms with Gasteiger partial charge in [-0.05, 0) is 24.3 Å². The summed E-state index contributed by atoms with van der Waals surface area (Å²) in [5.41, 5.74) is 1.07. The number of pyridine rings is 1. The first kappa shape index (κ1) is 21.6. The smallest absolute Gasteiger partial charge is 0.269 e. The first-order valence-corrected chi connectivity index (χ1v) is 8.89. The van der Waals surface area contributed by atoms with Crippen LogP contribution in [-0.4, -0.2) is 64.9 Å². The fourth-order valence-corrected chi connectivity index (χ4v) is 2.94. The topological polar surface area (TPSA) is 88.8 Å². The molecule has 1 fully saturated rings. The molecule has 1 aromatic carbocycles. The number of nitro groups is 1. The van der Waals surface area contributed by atoms with Crippen LogP contribution in [0.2, 0.25) is 0 Å². The number of aromatic nitrogens is 1. The molecule has 2 heterocycles. The molecular formula is C19H23ClN4O4. The van der Waals surface area contributed by atoms with Gasteiger partial charge in [0.25, 0.3) is 11.6 Å². The lowest BCUT2D eigenvalue weighted by atomic mass is 10.2.